The van der Waals surface area contributed by atoms with Crippen LogP contribution in [0.5, 0.6) is 0 Å². The first-order valence-corrected chi connectivity index (χ1v) is 5.55. The van der Waals surface area contributed by atoms with Crippen molar-refractivity contribution >= 4 is 11.9 Å². The summed E-state index contributed by atoms with van der Waals surface area (Å²) in [6, 6.07) is -0.375. The summed E-state index contributed by atoms with van der Waals surface area (Å²) >= 11 is 0. The van der Waals surface area contributed by atoms with E-state index in [0.29, 0.717) is 19.5 Å². The summed E-state index contributed by atoms with van der Waals surface area (Å²) in [5, 5.41) is 11.7. The van der Waals surface area contributed by atoms with Crippen LogP contribution in [0, 0.1) is 0 Å². The Labute approximate surface area is 100 Å². The second-order valence-corrected chi connectivity index (χ2v) is 4.39. The summed E-state index contributed by atoms with van der Waals surface area (Å²) in [6.45, 7) is 6.38. The first-order chi connectivity index (χ1) is 7.90. The average Bonchev–Trinajstić information content (AvgIpc) is 2.69. The van der Waals surface area contributed by atoms with Crippen LogP contribution >= 0.6 is 0 Å². The molecule has 1 fully saturated rings. The molecule has 1 aliphatic heterocycles. The zero-order valence-corrected chi connectivity index (χ0v) is 9.98. The molecule has 1 saturated heterocycles. The van der Waals surface area contributed by atoms with Gasteiger partial charge in [0.25, 0.3) is 0 Å². The van der Waals surface area contributed by atoms with Gasteiger partial charge in [-0.15, -0.1) is 6.58 Å². The van der Waals surface area contributed by atoms with Gasteiger partial charge in [-0.05, 0) is 13.3 Å². The maximum atomic E-state index is 11.7. The summed E-state index contributed by atoms with van der Waals surface area (Å²) in [5.74, 6) is -1.15. The molecule has 0 aliphatic carbocycles. The summed E-state index contributed by atoms with van der Waals surface area (Å²) in [6.07, 6.45) is 1.96. The Bertz CT molecular complexity index is 332. The molecule has 0 radical (unpaired) electrons. The second-order valence-electron chi connectivity index (χ2n) is 4.39. The predicted molar refractivity (Wildman–Crippen MR) is 63.4 cm³/mol. The van der Waals surface area contributed by atoms with Crippen molar-refractivity contribution in [3.05, 3.63) is 12.7 Å². The minimum Gasteiger partial charge on any atom is -0.480 e. The number of nitrogens with zero attached hydrogens (tertiary/aromatic N) is 1. The van der Waals surface area contributed by atoms with Gasteiger partial charge in [0.2, 0.25) is 5.91 Å². The van der Waals surface area contributed by atoms with Crippen molar-refractivity contribution in [1.82, 2.24) is 10.2 Å². The lowest BCUT2D eigenvalue weighted by atomic mass is 10.0. The third-order valence-electron chi connectivity index (χ3n) is 3.10. The van der Waals surface area contributed by atoms with Gasteiger partial charge in [-0.2, -0.15) is 0 Å². The first kappa shape index (κ1) is 13.7. The van der Waals surface area contributed by atoms with E-state index in [0.717, 1.165) is 0 Å². The van der Waals surface area contributed by atoms with Gasteiger partial charge in [0.1, 0.15) is 5.54 Å². The molecule has 96 valence electrons. The van der Waals surface area contributed by atoms with Crippen molar-refractivity contribution in [3.63, 3.8) is 0 Å². The third-order valence-corrected chi connectivity index (χ3v) is 3.10. The number of hydrogen-bond acceptors (Lipinski definition) is 4. The maximum Gasteiger partial charge on any atom is 0.325 e. The molecule has 0 saturated carbocycles. The van der Waals surface area contributed by atoms with E-state index in [4.69, 9.17) is 10.8 Å². The lowest BCUT2D eigenvalue weighted by Gasteiger charge is -2.24. The number of nitrogens with two attached hydrogens (primary N) is 1. The molecule has 0 bridgehead atoms. The van der Waals surface area contributed by atoms with Gasteiger partial charge >= 0.3 is 5.97 Å². The minimum atomic E-state index is -1.23. The Morgan fingerprint density at radius 2 is 2.35 bits per heavy atom. The van der Waals surface area contributed by atoms with Crippen molar-refractivity contribution in [2.24, 2.45) is 5.73 Å². The Hall–Kier alpha value is -1.40. The molecular weight excluding hydrogens is 222 g/mol. The van der Waals surface area contributed by atoms with Crippen LogP contribution in [-0.4, -0.2) is 53.1 Å². The van der Waals surface area contributed by atoms with E-state index < -0.39 is 11.5 Å². The summed E-state index contributed by atoms with van der Waals surface area (Å²) in [4.78, 5) is 24.4. The molecule has 1 aliphatic rings. The van der Waals surface area contributed by atoms with E-state index >= 15 is 0 Å². The normalized spacial score (nSPS) is 26.5. The number of carbonyl (C=O) groups excluding carboxylic acids is 1. The van der Waals surface area contributed by atoms with E-state index in [9.17, 15) is 9.59 Å². The van der Waals surface area contributed by atoms with E-state index in [-0.39, 0.29) is 18.5 Å². The highest BCUT2D eigenvalue weighted by molar-refractivity contribution is 5.82. The van der Waals surface area contributed by atoms with Crippen molar-refractivity contribution in [3.8, 4) is 0 Å². The molecule has 0 aromatic heterocycles. The van der Waals surface area contributed by atoms with Gasteiger partial charge in [-0.25, -0.2) is 0 Å². The van der Waals surface area contributed by atoms with E-state index in [1.54, 1.807) is 17.9 Å². The third kappa shape index (κ3) is 3.04. The van der Waals surface area contributed by atoms with Crippen LogP contribution in [0.25, 0.3) is 0 Å². The van der Waals surface area contributed by atoms with Crippen LogP contribution in [0.15, 0.2) is 12.7 Å². The molecule has 6 heteroatoms. The lowest BCUT2D eigenvalue weighted by molar-refractivity contribution is -0.143. The molecule has 0 spiro atoms. The lowest BCUT2D eigenvalue weighted by Crippen LogP contribution is -2.52. The van der Waals surface area contributed by atoms with Crippen LogP contribution in [0.2, 0.25) is 0 Å². The zero-order valence-electron chi connectivity index (χ0n) is 9.98. The Morgan fingerprint density at radius 3 is 2.82 bits per heavy atom. The molecular formula is C11H19N3O3. The van der Waals surface area contributed by atoms with E-state index in [1.807, 2.05) is 0 Å². The Balaban J connectivity index is 2.56. The molecule has 1 rings (SSSR count). The summed E-state index contributed by atoms with van der Waals surface area (Å²) in [5.41, 5.74) is 4.51. The Morgan fingerprint density at radius 1 is 1.71 bits per heavy atom. The minimum absolute atomic E-state index is 0.139. The fourth-order valence-electron chi connectivity index (χ4n) is 1.86. The first-order valence-electron chi connectivity index (χ1n) is 5.55. The highest BCUT2D eigenvalue weighted by Gasteiger charge is 2.43. The molecule has 6 nitrogen and oxygen atoms in total. The monoisotopic (exact) mass is 241 g/mol. The van der Waals surface area contributed by atoms with Crippen molar-refractivity contribution in [2.75, 3.05) is 19.6 Å². The summed E-state index contributed by atoms with van der Waals surface area (Å²) < 4.78 is 0. The van der Waals surface area contributed by atoms with Gasteiger partial charge in [0, 0.05) is 19.6 Å². The molecule has 0 aromatic rings. The van der Waals surface area contributed by atoms with Gasteiger partial charge in [-0.3, -0.25) is 14.5 Å². The van der Waals surface area contributed by atoms with Crippen LogP contribution < -0.4 is 11.1 Å². The number of carbonyl (C=O) groups is 2. The van der Waals surface area contributed by atoms with Crippen molar-refractivity contribution < 1.29 is 14.7 Å². The van der Waals surface area contributed by atoms with Gasteiger partial charge in [-0.1, -0.05) is 6.08 Å². The smallest absolute Gasteiger partial charge is 0.325 e. The largest absolute Gasteiger partial charge is 0.480 e. The molecule has 1 amide bonds. The number of nitrogens with one attached hydrogen (secondary N) is 1. The van der Waals surface area contributed by atoms with Gasteiger partial charge in [0.15, 0.2) is 0 Å². The molecule has 2 atom stereocenters. The highest BCUT2D eigenvalue weighted by atomic mass is 16.4. The standard InChI is InChI=1S/C11H19N3O3/c1-3-5-13-9(15)8(2)14-6-4-11(12,7-14)10(16)17/h3,8H,1,4-7,12H2,2H3,(H,13,15)(H,16,17). The predicted octanol–water partition coefficient (Wildman–Crippen LogP) is -0.835. The van der Waals surface area contributed by atoms with Crippen LogP contribution in [0.1, 0.15) is 13.3 Å². The van der Waals surface area contributed by atoms with E-state index in [2.05, 4.69) is 11.9 Å². The quantitative estimate of drug-likeness (QED) is 0.546. The Kier molecular flexibility index (Phi) is 4.25. The number of hydrogen-bond donors (Lipinski definition) is 3. The fourth-order valence-corrected chi connectivity index (χ4v) is 1.86. The number of likely N-dealkylation sites (tertiary alicyclic amines) is 1. The van der Waals surface area contributed by atoms with Crippen LogP contribution in [0.4, 0.5) is 0 Å². The number of carboxylic acid groups (broad SMARTS) is 1. The number of rotatable bonds is 5. The van der Waals surface area contributed by atoms with Crippen molar-refractivity contribution in [2.45, 2.75) is 24.9 Å². The topological polar surface area (TPSA) is 95.7 Å². The molecule has 1 heterocycles. The highest BCUT2D eigenvalue weighted by Crippen LogP contribution is 2.21. The van der Waals surface area contributed by atoms with Gasteiger partial charge in [0.05, 0.1) is 6.04 Å². The molecule has 17 heavy (non-hydrogen) atoms. The van der Waals surface area contributed by atoms with Gasteiger partial charge < -0.3 is 16.2 Å². The molecule has 2 unspecified atom stereocenters. The maximum absolute atomic E-state index is 11.7. The van der Waals surface area contributed by atoms with E-state index in [1.165, 1.54) is 0 Å². The number of carboxylic acids is 1. The second kappa shape index (κ2) is 5.29. The molecule has 4 N–H and O–H groups in total. The van der Waals surface area contributed by atoms with Crippen molar-refractivity contribution in [1.29, 1.82) is 0 Å². The van der Waals surface area contributed by atoms with Crippen LogP contribution in [-0.2, 0) is 9.59 Å². The molecule has 0 aromatic carbocycles. The zero-order chi connectivity index (χ0) is 13.1. The fraction of sp³-hybridized carbons (Fsp3) is 0.636. The SMILES string of the molecule is C=CCNC(=O)C(C)N1CCC(N)(C(=O)O)C1. The van der Waals surface area contributed by atoms with Crippen LogP contribution in [0.3, 0.4) is 0 Å². The number of aliphatic carboxylic acids is 1. The summed E-state index contributed by atoms with van der Waals surface area (Å²) in [7, 11) is 0. The number of amides is 1. The average molecular weight is 241 g/mol.